The maximum atomic E-state index is 12.4. The highest BCUT2D eigenvalue weighted by atomic mass is 16.1. The van der Waals surface area contributed by atoms with Crippen molar-refractivity contribution in [3.05, 3.63) is 53.5 Å². The van der Waals surface area contributed by atoms with E-state index < -0.39 is 0 Å². The minimum Gasteiger partial charge on any atom is -0.349 e. The van der Waals surface area contributed by atoms with E-state index in [1.807, 2.05) is 18.2 Å². The smallest absolute Gasteiger partial charge is 0.251 e. The van der Waals surface area contributed by atoms with E-state index in [2.05, 4.69) is 45.2 Å². The van der Waals surface area contributed by atoms with Crippen LogP contribution in [0.15, 0.2) is 36.5 Å². The first kappa shape index (κ1) is 16.5. The third-order valence-electron chi connectivity index (χ3n) is 5.68. The maximum absolute atomic E-state index is 12.4. The Morgan fingerprint density at radius 1 is 1.15 bits per heavy atom. The number of carbonyl (C=O) groups is 1. The van der Waals surface area contributed by atoms with Crippen molar-refractivity contribution in [3.8, 4) is 11.1 Å². The molecule has 0 bridgehead atoms. The van der Waals surface area contributed by atoms with Crippen LogP contribution >= 0.6 is 0 Å². The Hall–Kier alpha value is -2.69. The zero-order valence-corrected chi connectivity index (χ0v) is 15.6. The van der Waals surface area contributed by atoms with Gasteiger partial charge in [-0.05, 0) is 73.1 Å². The van der Waals surface area contributed by atoms with E-state index in [1.165, 1.54) is 19.3 Å². The molecule has 138 valence electrons. The van der Waals surface area contributed by atoms with Crippen LogP contribution in [0.3, 0.4) is 0 Å². The van der Waals surface area contributed by atoms with Gasteiger partial charge in [0.25, 0.3) is 5.91 Å². The van der Waals surface area contributed by atoms with E-state index in [4.69, 9.17) is 0 Å². The van der Waals surface area contributed by atoms with Crippen molar-refractivity contribution in [1.29, 1.82) is 0 Å². The lowest BCUT2D eigenvalue weighted by Crippen LogP contribution is -2.25. The minimum atomic E-state index is 0.0182. The van der Waals surface area contributed by atoms with Crippen molar-refractivity contribution in [2.24, 2.45) is 5.92 Å². The first-order valence-corrected chi connectivity index (χ1v) is 9.93. The van der Waals surface area contributed by atoms with Crippen LogP contribution in [0.25, 0.3) is 16.8 Å². The topological polar surface area (TPSA) is 59.3 Å². The number of amides is 1. The molecule has 0 saturated heterocycles. The van der Waals surface area contributed by atoms with Crippen LogP contribution in [0.4, 0.5) is 0 Å². The molecule has 1 N–H and O–H groups in total. The van der Waals surface area contributed by atoms with Crippen LogP contribution in [-0.4, -0.2) is 26.5 Å². The Morgan fingerprint density at radius 3 is 2.78 bits per heavy atom. The molecule has 5 rings (SSSR count). The fourth-order valence-electron chi connectivity index (χ4n) is 3.59. The molecule has 0 radical (unpaired) electrons. The highest BCUT2D eigenvalue weighted by molar-refractivity contribution is 5.96. The second-order valence-electron chi connectivity index (χ2n) is 8.02. The summed E-state index contributed by atoms with van der Waals surface area (Å²) in [5, 5.41) is 11.8. The van der Waals surface area contributed by atoms with Crippen LogP contribution < -0.4 is 5.32 Å². The summed E-state index contributed by atoms with van der Waals surface area (Å²) in [5.41, 5.74) is 4.88. The Labute approximate surface area is 158 Å². The number of fused-ring (bicyclic) bond motifs is 1. The summed E-state index contributed by atoms with van der Waals surface area (Å²) in [6.07, 6.45) is 9.17. The monoisotopic (exact) mass is 360 g/mol. The van der Waals surface area contributed by atoms with Gasteiger partial charge in [0.1, 0.15) is 5.82 Å². The van der Waals surface area contributed by atoms with Gasteiger partial charge in [-0.15, -0.1) is 10.2 Å². The number of pyridine rings is 1. The molecular weight excluding hydrogens is 336 g/mol. The molecule has 2 aliphatic rings. The van der Waals surface area contributed by atoms with Crippen molar-refractivity contribution in [3.63, 3.8) is 0 Å². The summed E-state index contributed by atoms with van der Waals surface area (Å²) in [5.74, 6) is 1.95. The van der Waals surface area contributed by atoms with Gasteiger partial charge in [0.2, 0.25) is 0 Å². The van der Waals surface area contributed by atoms with E-state index >= 15 is 0 Å². The number of aryl methyl sites for hydroxylation is 2. The van der Waals surface area contributed by atoms with Crippen LogP contribution in [-0.2, 0) is 6.42 Å². The minimum absolute atomic E-state index is 0.0182. The standard InChI is InChI=1S/C22H24N4O/c1-14-2-6-17(22(27)23-18-7-8-18)12-19(14)16-10-11-26-20(9-5-15-3-4-15)24-25-21(26)13-16/h2,6,10-13,15,18H,3-5,7-9H2,1H3,(H,23,27). The Morgan fingerprint density at radius 2 is 2.00 bits per heavy atom. The quantitative estimate of drug-likeness (QED) is 0.724. The van der Waals surface area contributed by atoms with Crippen molar-refractivity contribution in [2.45, 2.75) is 51.5 Å². The molecule has 3 aromatic rings. The molecule has 0 spiro atoms. The molecule has 5 heteroatoms. The van der Waals surface area contributed by atoms with Crippen LogP contribution in [0, 0.1) is 12.8 Å². The van der Waals surface area contributed by atoms with Crippen LogP contribution in [0.2, 0.25) is 0 Å². The van der Waals surface area contributed by atoms with Gasteiger partial charge in [0, 0.05) is 24.2 Å². The van der Waals surface area contributed by atoms with Crippen molar-refractivity contribution in [2.75, 3.05) is 0 Å². The normalized spacial score (nSPS) is 16.6. The third kappa shape index (κ3) is 3.46. The number of rotatable bonds is 6. The first-order chi connectivity index (χ1) is 13.2. The summed E-state index contributed by atoms with van der Waals surface area (Å²) in [6, 6.07) is 10.4. The molecule has 0 aliphatic heterocycles. The molecule has 0 atom stereocenters. The number of nitrogens with one attached hydrogen (secondary N) is 1. The van der Waals surface area contributed by atoms with Gasteiger partial charge in [-0.2, -0.15) is 0 Å². The average Bonchev–Trinajstić information content (AvgIpc) is 3.60. The Kier molecular flexibility index (Phi) is 3.96. The second-order valence-corrected chi connectivity index (χ2v) is 8.02. The lowest BCUT2D eigenvalue weighted by Gasteiger charge is -2.10. The van der Waals surface area contributed by atoms with Crippen molar-refractivity contribution >= 4 is 11.6 Å². The summed E-state index contributed by atoms with van der Waals surface area (Å²) in [4.78, 5) is 12.4. The molecule has 1 aromatic carbocycles. The number of nitrogens with zero attached hydrogens (tertiary/aromatic N) is 3. The molecule has 2 saturated carbocycles. The summed E-state index contributed by atoms with van der Waals surface area (Å²) < 4.78 is 2.09. The highest BCUT2D eigenvalue weighted by Crippen LogP contribution is 2.33. The zero-order chi connectivity index (χ0) is 18.4. The summed E-state index contributed by atoms with van der Waals surface area (Å²) >= 11 is 0. The van der Waals surface area contributed by atoms with Gasteiger partial charge < -0.3 is 5.32 Å². The van der Waals surface area contributed by atoms with E-state index in [9.17, 15) is 4.79 Å². The van der Waals surface area contributed by atoms with Crippen LogP contribution in [0.5, 0.6) is 0 Å². The fourth-order valence-corrected chi connectivity index (χ4v) is 3.59. The number of aromatic nitrogens is 3. The average molecular weight is 360 g/mol. The third-order valence-corrected chi connectivity index (χ3v) is 5.68. The predicted molar refractivity (Wildman–Crippen MR) is 105 cm³/mol. The second kappa shape index (κ2) is 6.48. The Balaban J connectivity index is 1.44. The molecule has 2 fully saturated rings. The van der Waals surface area contributed by atoms with E-state index in [0.29, 0.717) is 11.6 Å². The van der Waals surface area contributed by atoms with Gasteiger partial charge in [0.15, 0.2) is 5.65 Å². The molecule has 27 heavy (non-hydrogen) atoms. The molecule has 2 aliphatic carbocycles. The van der Waals surface area contributed by atoms with Gasteiger partial charge in [0.05, 0.1) is 0 Å². The Bertz CT molecular complexity index is 1010. The molecule has 5 nitrogen and oxygen atoms in total. The van der Waals surface area contributed by atoms with Crippen LogP contribution in [0.1, 0.15) is 53.8 Å². The summed E-state index contributed by atoms with van der Waals surface area (Å²) in [6.45, 7) is 2.08. The van der Waals surface area contributed by atoms with Gasteiger partial charge in [-0.25, -0.2) is 0 Å². The van der Waals surface area contributed by atoms with Gasteiger partial charge in [-0.1, -0.05) is 18.9 Å². The van der Waals surface area contributed by atoms with Gasteiger partial charge in [-0.3, -0.25) is 9.20 Å². The van der Waals surface area contributed by atoms with Gasteiger partial charge >= 0.3 is 0 Å². The number of hydrogen-bond acceptors (Lipinski definition) is 3. The van der Waals surface area contributed by atoms with Crippen molar-refractivity contribution < 1.29 is 4.79 Å². The first-order valence-electron chi connectivity index (χ1n) is 9.93. The lowest BCUT2D eigenvalue weighted by molar-refractivity contribution is 0.0951. The predicted octanol–water partition coefficient (Wildman–Crippen LogP) is 3.94. The number of hydrogen-bond donors (Lipinski definition) is 1. The number of benzene rings is 1. The highest BCUT2D eigenvalue weighted by Gasteiger charge is 2.24. The number of carbonyl (C=O) groups excluding carboxylic acids is 1. The molecular formula is C22H24N4O. The largest absolute Gasteiger partial charge is 0.349 e. The SMILES string of the molecule is Cc1ccc(C(=O)NC2CC2)cc1-c1ccn2c(CCC3CC3)nnc2c1. The lowest BCUT2D eigenvalue weighted by atomic mass is 9.98. The summed E-state index contributed by atoms with van der Waals surface area (Å²) in [7, 11) is 0. The van der Waals surface area contributed by atoms with E-state index in [1.54, 1.807) is 0 Å². The zero-order valence-electron chi connectivity index (χ0n) is 15.6. The molecule has 2 heterocycles. The molecule has 2 aromatic heterocycles. The maximum Gasteiger partial charge on any atom is 0.251 e. The van der Waals surface area contributed by atoms with Crippen molar-refractivity contribution in [1.82, 2.24) is 19.9 Å². The van der Waals surface area contributed by atoms with E-state index in [0.717, 1.165) is 53.3 Å². The molecule has 0 unspecified atom stereocenters. The fraction of sp³-hybridized carbons (Fsp3) is 0.409. The molecule has 1 amide bonds. The van der Waals surface area contributed by atoms with E-state index in [-0.39, 0.29) is 5.91 Å².